The molecule has 4 aromatic rings. The molecule has 0 aliphatic carbocycles. The highest BCUT2D eigenvalue weighted by atomic mass is 79.9. The molecular weight excluding hydrogens is 502 g/mol. The molecule has 3 aromatic heterocycles. The van der Waals surface area contributed by atoms with Gasteiger partial charge in [0.1, 0.15) is 21.2 Å². The van der Waals surface area contributed by atoms with Gasteiger partial charge in [-0.3, -0.25) is 10.1 Å². The fourth-order valence-corrected chi connectivity index (χ4v) is 5.83. The summed E-state index contributed by atoms with van der Waals surface area (Å²) >= 11 is 7.94. The van der Waals surface area contributed by atoms with E-state index in [9.17, 15) is 4.79 Å². The van der Waals surface area contributed by atoms with Crippen molar-refractivity contribution in [3.8, 4) is 11.1 Å². The van der Waals surface area contributed by atoms with Gasteiger partial charge in [-0.25, -0.2) is 9.97 Å². The van der Waals surface area contributed by atoms with Gasteiger partial charge in [0.2, 0.25) is 11.0 Å². The number of aromatic nitrogens is 4. The molecule has 1 unspecified atom stereocenters. The SMILES string of the molecule is CCc1nnc(NC(=O)C(CC)Sc2ncnc3scc(-c4ccc(Br)cc4)c23)s1. The third-order valence-electron chi connectivity index (χ3n) is 4.41. The number of hydrogen-bond donors (Lipinski definition) is 1. The standard InChI is InChI=1S/C20H18BrN5OS3/c1-3-14(17(27)24-20-26-25-15(4-2)30-20)29-19-16-13(9-28-18(16)22-10-23-19)11-5-7-12(21)8-6-11/h5-10,14H,3-4H2,1-2H3,(H,24,26,27). The number of aryl methyl sites for hydroxylation is 1. The van der Waals surface area contributed by atoms with Crippen LogP contribution in [0.25, 0.3) is 21.3 Å². The summed E-state index contributed by atoms with van der Waals surface area (Å²) in [4.78, 5) is 22.7. The summed E-state index contributed by atoms with van der Waals surface area (Å²) in [5, 5.41) is 16.1. The summed E-state index contributed by atoms with van der Waals surface area (Å²) in [7, 11) is 0. The fourth-order valence-electron chi connectivity index (χ4n) is 2.87. The van der Waals surface area contributed by atoms with Crippen molar-refractivity contribution in [3.05, 3.63) is 45.5 Å². The Kier molecular flexibility index (Phi) is 6.77. The number of nitrogens with one attached hydrogen (secondary N) is 1. The Labute approximate surface area is 194 Å². The largest absolute Gasteiger partial charge is 0.300 e. The maximum Gasteiger partial charge on any atom is 0.239 e. The number of benzene rings is 1. The Bertz CT molecular complexity index is 1170. The van der Waals surface area contributed by atoms with E-state index in [4.69, 9.17) is 0 Å². The normalized spacial score (nSPS) is 12.2. The second kappa shape index (κ2) is 9.51. The van der Waals surface area contributed by atoms with Gasteiger partial charge in [-0.05, 0) is 30.5 Å². The lowest BCUT2D eigenvalue weighted by Gasteiger charge is -2.14. The van der Waals surface area contributed by atoms with E-state index >= 15 is 0 Å². The summed E-state index contributed by atoms with van der Waals surface area (Å²) < 4.78 is 1.03. The van der Waals surface area contributed by atoms with Crippen LogP contribution in [0.15, 0.2) is 45.5 Å². The van der Waals surface area contributed by atoms with Crippen LogP contribution in [0.1, 0.15) is 25.3 Å². The third kappa shape index (κ3) is 4.56. The van der Waals surface area contributed by atoms with Crippen LogP contribution in [0.3, 0.4) is 0 Å². The van der Waals surface area contributed by atoms with Gasteiger partial charge >= 0.3 is 0 Å². The lowest BCUT2D eigenvalue weighted by atomic mass is 10.1. The van der Waals surface area contributed by atoms with E-state index in [1.807, 2.05) is 26.0 Å². The van der Waals surface area contributed by atoms with Crippen molar-refractivity contribution in [1.82, 2.24) is 20.2 Å². The van der Waals surface area contributed by atoms with Crippen LogP contribution in [0, 0.1) is 0 Å². The molecule has 0 aliphatic heterocycles. The van der Waals surface area contributed by atoms with E-state index in [-0.39, 0.29) is 11.2 Å². The van der Waals surface area contributed by atoms with Crippen molar-refractivity contribution in [1.29, 1.82) is 0 Å². The molecule has 0 saturated carbocycles. The molecule has 0 bridgehead atoms. The van der Waals surface area contributed by atoms with Gasteiger partial charge < -0.3 is 0 Å². The molecule has 10 heteroatoms. The van der Waals surface area contributed by atoms with Crippen LogP contribution in [-0.2, 0) is 11.2 Å². The van der Waals surface area contributed by atoms with Gasteiger partial charge in [-0.15, -0.1) is 21.5 Å². The molecule has 30 heavy (non-hydrogen) atoms. The number of carbonyl (C=O) groups excluding carboxylic acids is 1. The quantitative estimate of drug-likeness (QED) is 0.236. The first kappa shape index (κ1) is 21.4. The number of nitrogens with zero attached hydrogens (tertiary/aromatic N) is 4. The van der Waals surface area contributed by atoms with Crippen molar-refractivity contribution < 1.29 is 4.79 Å². The highest BCUT2D eigenvalue weighted by molar-refractivity contribution is 9.10. The summed E-state index contributed by atoms with van der Waals surface area (Å²) in [6.45, 7) is 4.01. The molecule has 0 fully saturated rings. The monoisotopic (exact) mass is 519 g/mol. The molecule has 0 radical (unpaired) electrons. The number of fused-ring (bicyclic) bond motifs is 1. The minimum Gasteiger partial charge on any atom is -0.300 e. The van der Waals surface area contributed by atoms with Crippen molar-refractivity contribution in [2.75, 3.05) is 5.32 Å². The maximum atomic E-state index is 12.9. The predicted molar refractivity (Wildman–Crippen MR) is 128 cm³/mol. The van der Waals surface area contributed by atoms with Crippen LogP contribution in [0.4, 0.5) is 5.13 Å². The van der Waals surface area contributed by atoms with E-state index < -0.39 is 0 Å². The van der Waals surface area contributed by atoms with E-state index in [0.29, 0.717) is 11.6 Å². The Balaban J connectivity index is 1.62. The number of carbonyl (C=O) groups is 1. The molecule has 1 atom stereocenters. The molecule has 0 spiro atoms. The molecule has 154 valence electrons. The van der Waals surface area contributed by atoms with Crippen molar-refractivity contribution in [2.24, 2.45) is 0 Å². The third-order valence-corrected chi connectivity index (χ3v) is 8.17. The Morgan fingerprint density at radius 3 is 2.70 bits per heavy atom. The minimum atomic E-state index is -0.297. The molecule has 6 nitrogen and oxygen atoms in total. The highest BCUT2D eigenvalue weighted by Gasteiger charge is 2.23. The molecule has 3 heterocycles. The van der Waals surface area contributed by atoms with Crippen LogP contribution < -0.4 is 5.32 Å². The number of hydrogen-bond acceptors (Lipinski definition) is 8. The van der Waals surface area contributed by atoms with Crippen molar-refractivity contribution in [2.45, 2.75) is 37.0 Å². The van der Waals surface area contributed by atoms with E-state index in [0.717, 1.165) is 42.3 Å². The number of rotatable bonds is 7. The van der Waals surface area contributed by atoms with E-state index in [1.165, 1.54) is 23.1 Å². The Morgan fingerprint density at radius 2 is 2.00 bits per heavy atom. The van der Waals surface area contributed by atoms with Gasteiger partial charge in [0.25, 0.3) is 0 Å². The summed E-state index contributed by atoms with van der Waals surface area (Å²) in [5.41, 5.74) is 2.18. The molecule has 0 aliphatic rings. The van der Waals surface area contributed by atoms with Crippen LogP contribution in [-0.4, -0.2) is 31.3 Å². The van der Waals surface area contributed by atoms with Crippen LogP contribution in [0.2, 0.25) is 0 Å². The first-order valence-electron chi connectivity index (χ1n) is 9.37. The van der Waals surface area contributed by atoms with Crippen LogP contribution >= 0.6 is 50.4 Å². The number of halogens is 1. The first-order valence-corrected chi connectivity index (χ1v) is 12.7. The van der Waals surface area contributed by atoms with Crippen LogP contribution in [0.5, 0.6) is 0 Å². The highest BCUT2D eigenvalue weighted by Crippen LogP contribution is 2.39. The zero-order valence-electron chi connectivity index (χ0n) is 16.3. The zero-order valence-corrected chi connectivity index (χ0v) is 20.3. The van der Waals surface area contributed by atoms with E-state index in [2.05, 4.69) is 58.9 Å². The molecule has 1 aromatic carbocycles. The van der Waals surface area contributed by atoms with Gasteiger partial charge in [0.15, 0.2) is 0 Å². The Morgan fingerprint density at radius 1 is 1.20 bits per heavy atom. The molecule has 1 amide bonds. The maximum absolute atomic E-state index is 12.9. The molecule has 1 N–H and O–H groups in total. The second-order valence-corrected chi connectivity index (χ2v) is 10.4. The zero-order chi connectivity index (χ0) is 21.1. The van der Waals surface area contributed by atoms with Gasteiger partial charge in [-0.1, -0.05) is 65.0 Å². The second-order valence-electron chi connectivity index (χ2n) is 6.37. The topological polar surface area (TPSA) is 80.7 Å². The van der Waals surface area contributed by atoms with Crippen molar-refractivity contribution >= 4 is 71.6 Å². The molecule has 4 rings (SSSR count). The number of amides is 1. The van der Waals surface area contributed by atoms with Gasteiger partial charge in [0, 0.05) is 15.4 Å². The number of thioether (sulfide) groups is 1. The Hall–Kier alpha value is -1.88. The first-order chi connectivity index (χ1) is 14.6. The lowest BCUT2D eigenvalue weighted by Crippen LogP contribution is -2.24. The van der Waals surface area contributed by atoms with Gasteiger partial charge in [0.05, 0.1) is 10.6 Å². The predicted octanol–water partition coefficient (Wildman–Crippen LogP) is 6.04. The summed E-state index contributed by atoms with van der Waals surface area (Å²) in [6.07, 6.45) is 3.03. The summed E-state index contributed by atoms with van der Waals surface area (Å²) in [6, 6.07) is 8.17. The fraction of sp³-hybridized carbons (Fsp3) is 0.250. The molecular formula is C20H18BrN5OS3. The van der Waals surface area contributed by atoms with Gasteiger partial charge in [-0.2, -0.15) is 0 Å². The number of thiophene rings is 1. The van der Waals surface area contributed by atoms with E-state index in [1.54, 1.807) is 17.7 Å². The average Bonchev–Trinajstić information content (AvgIpc) is 3.39. The number of anilines is 1. The average molecular weight is 521 g/mol. The summed E-state index contributed by atoms with van der Waals surface area (Å²) in [5.74, 6) is -0.0894. The smallest absolute Gasteiger partial charge is 0.239 e. The van der Waals surface area contributed by atoms with Crippen molar-refractivity contribution in [3.63, 3.8) is 0 Å². The minimum absolute atomic E-state index is 0.0894. The lowest BCUT2D eigenvalue weighted by molar-refractivity contribution is -0.115. The molecule has 0 saturated heterocycles.